The van der Waals surface area contributed by atoms with Gasteiger partial charge in [-0.05, 0) is 37.8 Å². The first kappa shape index (κ1) is 30.4. The zero-order valence-electron chi connectivity index (χ0n) is 21.9. The van der Waals surface area contributed by atoms with Crippen molar-refractivity contribution in [1.29, 1.82) is 0 Å². The highest BCUT2D eigenvalue weighted by Crippen LogP contribution is 2.21. The Balaban J connectivity index is 1.94. The van der Waals surface area contributed by atoms with E-state index in [9.17, 15) is 19.2 Å². The van der Waals surface area contributed by atoms with Gasteiger partial charge in [-0.2, -0.15) is 4.89 Å². The molecule has 0 bridgehead atoms. The normalized spacial score (nSPS) is 17.4. The van der Waals surface area contributed by atoms with Crippen LogP contribution in [-0.4, -0.2) is 71.7 Å². The van der Waals surface area contributed by atoms with E-state index < -0.39 is 24.1 Å². The molecule has 1 aromatic carbocycles. The molecular weight excluding hydrogens is 496 g/mol. The highest BCUT2D eigenvalue weighted by Gasteiger charge is 2.34. The van der Waals surface area contributed by atoms with Crippen molar-refractivity contribution in [2.75, 3.05) is 19.6 Å². The summed E-state index contributed by atoms with van der Waals surface area (Å²) in [6, 6.07) is 5.91. The molecule has 38 heavy (non-hydrogen) atoms. The Morgan fingerprint density at radius 3 is 2.37 bits per heavy atom. The number of amidine groups is 1. The number of unbranched alkanes of at least 4 members (excludes halogenated alkanes) is 2. The average Bonchev–Trinajstić information content (AvgIpc) is 2.91. The van der Waals surface area contributed by atoms with Crippen molar-refractivity contribution in [2.45, 2.75) is 71.1 Å². The molecule has 4 amide bonds. The molecule has 0 aromatic heterocycles. The molecule has 1 fully saturated rings. The van der Waals surface area contributed by atoms with Gasteiger partial charge in [0.25, 0.3) is 5.91 Å². The van der Waals surface area contributed by atoms with Crippen molar-refractivity contribution in [3.63, 3.8) is 0 Å². The number of nitrogens with one attached hydrogen (secondary N) is 3. The summed E-state index contributed by atoms with van der Waals surface area (Å²) in [5.41, 5.74) is 6.33. The van der Waals surface area contributed by atoms with Gasteiger partial charge in [0.1, 0.15) is 12.3 Å². The number of nitrogens with two attached hydrogens (primary N) is 1. The quantitative estimate of drug-likeness (QED) is 0.0630. The molecule has 13 heteroatoms. The Hall–Kier alpha value is -3.87. The van der Waals surface area contributed by atoms with Gasteiger partial charge in [-0.15, -0.1) is 0 Å². The van der Waals surface area contributed by atoms with Crippen LogP contribution in [0.15, 0.2) is 29.4 Å². The van der Waals surface area contributed by atoms with Crippen LogP contribution in [0.25, 0.3) is 0 Å². The lowest BCUT2D eigenvalue weighted by Crippen LogP contribution is -2.56. The van der Waals surface area contributed by atoms with Crippen LogP contribution in [0.1, 0.15) is 74.7 Å². The number of carbonyl (C=O) groups excluding carboxylic acids is 4. The van der Waals surface area contributed by atoms with Crippen LogP contribution in [0.3, 0.4) is 0 Å². The molecule has 0 radical (unpaired) electrons. The maximum absolute atomic E-state index is 13.0. The van der Waals surface area contributed by atoms with E-state index in [1.807, 2.05) is 6.92 Å². The summed E-state index contributed by atoms with van der Waals surface area (Å²) in [6.45, 7) is 4.65. The highest BCUT2D eigenvalue weighted by molar-refractivity contribution is 5.99. The van der Waals surface area contributed by atoms with Crippen molar-refractivity contribution in [3.05, 3.63) is 35.4 Å². The van der Waals surface area contributed by atoms with Gasteiger partial charge in [-0.25, -0.2) is 9.59 Å². The number of hydrogen-bond acceptors (Lipinski definition) is 8. The van der Waals surface area contributed by atoms with E-state index in [0.29, 0.717) is 50.0 Å². The van der Waals surface area contributed by atoms with Crippen LogP contribution < -0.4 is 21.7 Å². The molecule has 2 atom stereocenters. The summed E-state index contributed by atoms with van der Waals surface area (Å²) in [4.78, 5) is 60.2. The lowest BCUT2D eigenvalue weighted by atomic mass is 10.0. The van der Waals surface area contributed by atoms with E-state index in [-0.39, 0.29) is 30.6 Å². The number of amides is 4. The predicted molar refractivity (Wildman–Crippen MR) is 138 cm³/mol. The molecule has 2 rings (SSSR count). The van der Waals surface area contributed by atoms with Gasteiger partial charge in [0.05, 0.1) is 0 Å². The summed E-state index contributed by atoms with van der Waals surface area (Å²) in [5, 5.41) is 20.1. The monoisotopic (exact) mass is 534 g/mol. The van der Waals surface area contributed by atoms with Gasteiger partial charge in [0, 0.05) is 50.5 Å². The van der Waals surface area contributed by atoms with Gasteiger partial charge in [0.15, 0.2) is 5.84 Å². The molecule has 1 aliphatic heterocycles. The number of likely N-dealkylation sites (tertiary alicyclic amines) is 1. The Morgan fingerprint density at radius 1 is 1.08 bits per heavy atom. The van der Waals surface area contributed by atoms with E-state index in [2.05, 4.69) is 26.0 Å². The molecule has 0 spiro atoms. The number of benzene rings is 1. The zero-order valence-corrected chi connectivity index (χ0v) is 21.9. The topological polar surface area (TPSA) is 185 Å². The largest absolute Gasteiger partial charge is 0.409 e. The summed E-state index contributed by atoms with van der Waals surface area (Å²) in [7, 11) is 0. The van der Waals surface area contributed by atoms with E-state index in [1.54, 1.807) is 17.0 Å². The number of rotatable bonds is 13. The molecule has 1 aliphatic rings. The van der Waals surface area contributed by atoms with E-state index >= 15 is 0 Å². The van der Waals surface area contributed by atoms with Crippen LogP contribution in [0.2, 0.25) is 0 Å². The van der Waals surface area contributed by atoms with Gasteiger partial charge >= 0.3 is 12.0 Å². The Bertz CT molecular complexity index is 969. The average molecular weight is 535 g/mol. The summed E-state index contributed by atoms with van der Waals surface area (Å²) in [6.07, 6.45) is 2.83. The minimum atomic E-state index is -0.685. The lowest BCUT2D eigenvalue weighted by molar-refractivity contribution is -0.303. The number of piperidine rings is 1. The fourth-order valence-corrected chi connectivity index (χ4v) is 3.86. The van der Waals surface area contributed by atoms with E-state index in [1.165, 1.54) is 19.1 Å². The first-order valence-corrected chi connectivity index (χ1v) is 12.8. The summed E-state index contributed by atoms with van der Waals surface area (Å²) in [5.74, 6) is -1.25. The number of oxime groups is 1. The van der Waals surface area contributed by atoms with Crippen molar-refractivity contribution in [3.8, 4) is 0 Å². The van der Waals surface area contributed by atoms with Crippen molar-refractivity contribution < 1.29 is 34.2 Å². The summed E-state index contributed by atoms with van der Waals surface area (Å²) >= 11 is 0. The maximum Gasteiger partial charge on any atom is 0.339 e. The molecule has 0 aliphatic carbocycles. The Morgan fingerprint density at radius 2 is 1.74 bits per heavy atom. The predicted octanol–water partition coefficient (Wildman–Crippen LogP) is 1.59. The fraction of sp³-hybridized carbons (Fsp3) is 0.560. The van der Waals surface area contributed by atoms with Crippen molar-refractivity contribution >= 4 is 29.7 Å². The molecular formula is C25H38N6O7. The number of carbonyl (C=O) groups is 4. The molecule has 0 saturated carbocycles. The smallest absolute Gasteiger partial charge is 0.339 e. The minimum Gasteiger partial charge on any atom is -0.409 e. The maximum atomic E-state index is 13.0. The number of hydrogen-bond donors (Lipinski definition) is 5. The molecule has 210 valence electrons. The second-order valence-electron chi connectivity index (χ2n) is 8.95. The van der Waals surface area contributed by atoms with Crippen LogP contribution in [0, 0.1) is 0 Å². The van der Waals surface area contributed by atoms with Crippen LogP contribution in [0.4, 0.5) is 4.79 Å². The zero-order chi connectivity index (χ0) is 27.9. The second kappa shape index (κ2) is 16.1. The Labute approximate surface area is 222 Å². The molecule has 1 saturated heterocycles. The third-order valence-electron chi connectivity index (χ3n) is 5.94. The standard InChI is InChI=1S/C25H38N6O7/c1-3-4-13-27-25(35)28-14-6-5-7-22(33)31-15-12-20(38-37-17(2)32)16-21(31)29-24(34)19-10-8-18(9-11-19)23(26)30-36/h8-11,20-21,36H,3-7,12-16H2,1-2H3,(H2,26,30)(H,29,34)(H2,27,28,35). The van der Waals surface area contributed by atoms with Crippen molar-refractivity contribution in [1.82, 2.24) is 20.9 Å². The molecule has 6 N–H and O–H groups in total. The van der Waals surface area contributed by atoms with Crippen LogP contribution in [-0.2, 0) is 19.4 Å². The number of urea groups is 1. The third-order valence-corrected chi connectivity index (χ3v) is 5.94. The van der Waals surface area contributed by atoms with Gasteiger partial charge in [-0.3, -0.25) is 14.5 Å². The SMILES string of the molecule is CCCCNC(=O)NCCCCC(=O)N1CCC(OOC(C)=O)CC1NC(=O)c1ccc(/C(N)=N\O)cc1. The van der Waals surface area contributed by atoms with Crippen LogP contribution in [0.5, 0.6) is 0 Å². The fourth-order valence-electron chi connectivity index (χ4n) is 3.86. The van der Waals surface area contributed by atoms with Crippen molar-refractivity contribution in [2.24, 2.45) is 10.9 Å². The highest BCUT2D eigenvalue weighted by atomic mass is 17.2. The first-order valence-electron chi connectivity index (χ1n) is 12.8. The minimum absolute atomic E-state index is 0.0844. The summed E-state index contributed by atoms with van der Waals surface area (Å²) < 4.78 is 0. The van der Waals surface area contributed by atoms with Gasteiger partial charge in [0.2, 0.25) is 5.91 Å². The first-order chi connectivity index (χ1) is 18.2. The molecule has 2 unspecified atom stereocenters. The van der Waals surface area contributed by atoms with E-state index in [0.717, 1.165) is 12.8 Å². The Kier molecular flexibility index (Phi) is 12.8. The molecule has 1 aromatic rings. The number of nitrogens with zero attached hydrogens (tertiary/aromatic N) is 2. The lowest BCUT2D eigenvalue weighted by Gasteiger charge is -2.39. The molecule has 13 nitrogen and oxygen atoms in total. The van der Waals surface area contributed by atoms with Gasteiger partial charge < -0.3 is 31.8 Å². The molecule has 1 heterocycles. The van der Waals surface area contributed by atoms with E-state index in [4.69, 9.17) is 15.8 Å². The van der Waals surface area contributed by atoms with Crippen LogP contribution >= 0.6 is 0 Å². The third kappa shape index (κ3) is 10.2. The second-order valence-corrected chi connectivity index (χ2v) is 8.95. The van der Waals surface area contributed by atoms with Gasteiger partial charge in [-0.1, -0.05) is 30.6 Å².